The van der Waals surface area contributed by atoms with Crippen LogP contribution in [0.1, 0.15) is 19.3 Å². The number of alkyl halides is 2. The van der Waals surface area contributed by atoms with Crippen LogP contribution in [0.3, 0.4) is 0 Å². The summed E-state index contributed by atoms with van der Waals surface area (Å²) in [6.07, 6.45) is 4.65. The average Bonchev–Trinajstić information content (AvgIpc) is 2.89. The van der Waals surface area contributed by atoms with Crippen molar-refractivity contribution in [2.24, 2.45) is 0 Å². The smallest absolute Gasteiger partial charge is 0.262 e. The Labute approximate surface area is 151 Å². The van der Waals surface area contributed by atoms with Gasteiger partial charge in [0.2, 0.25) is 11.9 Å². The molecule has 0 bridgehead atoms. The Balaban J connectivity index is 0.00000144. The highest BCUT2D eigenvalue weighted by Gasteiger charge is 2.42. The minimum atomic E-state index is -2.79. The van der Waals surface area contributed by atoms with Crippen molar-refractivity contribution in [3.63, 3.8) is 0 Å². The Bertz CT molecular complexity index is 537. The van der Waals surface area contributed by atoms with Crippen LogP contribution >= 0.6 is 24.8 Å². The number of piperidine rings is 1. The molecule has 0 aliphatic carbocycles. The van der Waals surface area contributed by atoms with E-state index >= 15 is 0 Å². The Hall–Kier alpha value is -1.25. The highest BCUT2D eigenvalue weighted by atomic mass is 35.5. The minimum Gasteiger partial charge on any atom is -0.350 e. The number of rotatable bonds is 3. The number of hydrogen-bond donors (Lipinski definition) is 2. The third kappa shape index (κ3) is 5.12. The van der Waals surface area contributed by atoms with Crippen LogP contribution in [0, 0.1) is 0 Å². The Morgan fingerprint density at radius 3 is 2.67 bits per heavy atom. The molecule has 2 unspecified atom stereocenters. The summed E-state index contributed by atoms with van der Waals surface area (Å²) in [5.41, 5.74) is 0. The number of anilines is 1. The summed E-state index contributed by atoms with van der Waals surface area (Å²) in [4.78, 5) is 22.5. The molecule has 2 atom stereocenters. The summed E-state index contributed by atoms with van der Waals surface area (Å²) in [5.74, 6) is -2.51. The second kappa shape index (κ2) is 8.73. The first-order valence-corrected chi connectivity index (χ1v) is 7.47. The van der Waals surface area contributed by atoms with Gasteiger partial charge in [0.1, 0.15) is 0 Å². The molecule has 0 aromatic carbocycles. The topological polar surface area (TPSA) is 70.2 Å². The van der Waals surface area contributed by atoms with Crippen LogP contribution < -0.4 is 15.5 Å². The van der Waals surface area contributed by atoms with E-state index in [2.05, 4.69) is 20.6 Å². The van der Waals surface area contributed by atoms with E-state index in [0.29, 0.717) is 12.5 Å². The van der Waals surface area contributed by atoms with Crippen molar-refractivity contribution >= 4 is 36.7 Å². The van der Waals surface area contributed by atoms with Crippen molar-refractivity contribution in [2.75, 3.05) is 24.5 Å². The van der Waals surface area contributed by atoms with Crippen LogP contribution in [0.15, 0.2) is 18.5 Å². The summed E-state index contributed by atoms with van der Waals surface area (Å²) >= 11 is 0. The summed E-state index contributed by atoms with van der Waals surface area (Å²) in [5, 5.41) is 5.45. The highest BCUT2D eigenvalue weighted by Crippen LogP contribution is 2.25. The summed E-state index contributed by atoms with van der Waals surface area (Å²) in [7, 11) is 0. The van der Waals surface area contributed by atoms with Crippen LogP contribution in [0.25, 0.3) is 0 Å². The normalized spacial score (nSPS) is 25.3. The summed E-state index contributed by atoms with van der Waals surface area (Å²) in [6.45, 7) is 0.995. The zero-order valence-corrected chi connectivity index (χ0v) is 14.6. The predicted molar refractivity (Wildman–Crippen MR) is 91.3 cm³/mol. The number of amides is 1. The lowest BCUT2D eigenvalue weighted by Gasteiger charge is -2.33. The van der Waals surface area contributed by atoms with Gasteiger partial charge in [-0.05, 0) is 18.9 Å². The van der Waals surface area contributed by atoms with E-state index in [4.69, 9.17) is 0 Å². The predicted octanol–water partition coefficient (Wildman–Crippen LogP) is 1.40. The van der Waals surface area contributed by atoms with Gasteiger partial charge < -0.3 is 10.2 Å². The molecular formula is C14H21Cl2F2N5O. The molecular weight excluding hydrogens is 363 g/mol. The van der Waals surface area contributed by atoms with Crippen LogP contribution in [-0.2, 0) is 4.79 Å². The molecule has 24 heavy (non-hydrogen) atoms. The second-order valence-corrected chi connectivity index (χ2v) is 5.84. The fourth-order valence-corrected chi connectivity index (χ4v) is 2.93. The van der Waals surface area contributed by atoms with E-state index in [-0.39, 0.29) is 36.8 Å². The molecule has 0 saturated carbocycles. The van der Waals surface area contributed by atoms with Gasteiger partial charge in [-0.2, -0.15) is 0 Å². The molecule has 2 N–H and O–H groups in total. The molecule has 0 spiro atoms. The fraction of sp³-hybridized carbons (Fsp3) is 0.643. The maximum Gasteiger partial charge on any atom is 0.262 e. The van der Waals surface area contributed by atoms with Crippen molar-refractivity contribution < 1.29 is 13.6 Å². The van der Waals surface area contributed by atoms with Gasteiger partial charge in [-0.1, -0.05) is 0 Å². The highest BCUT2D eigenvalue weighted by molar-refractivity contribution is 5.85. The lowest BCUT2D eigenvalue weighted by molar-refractivity contribution is -0.124. The van der Waals surface area contributed by atoms with Gasteiger partial charge >= 0.3 is 0 Å². The minimum absolute atomic E-state index is 0. The molecule has 0 radical (unpaired) electrons. The van der Waals surface area contributed by atoms with Crippen LogP contribution in [-0.4, -0.2) is 53.5 Å². The number of carbonyl (C=O) groups excluding carboxylic acids is 1. The number of hydrogen-bond acceptors (Lipinski definition) is 5. The standard InChI is InChI=1S/C14H19F2N5O.2ClH/c15-14(16)7-11(19-9-14)12(22)20-10-3-1-6-21(8-10)13-17-4-2-5-18-13;;/h2,4-5,10-11,19H,1,3,6-9H2,(H,20,22);2*1H. The Kier molecular flexibility index (Phi) is 7.56. The third-order valence-electron chi connectivity index (χ3n) is 4.03. The molecule has 2 saturated heterocycles. The van der Waals surface area contributed by atoms with Gasteiger partial charge in [-0.25, -0.2) is 18.7 Å². The van der Waals surface area contributed by atoms with E-state index in [0.717, 1.165) is 19.4 Å². The van der Waals surface area contributed by atoms with Gasteiger partial charge in [0.25, 0.3) is 5.92 Å². The maximum absolute atomic E-state index is 13.1. The molecule has 2 aliphatic heterocycles. The van der Waals surface area contributed by atoms with Gasteiger partial charge in [-0.3, -0.25) is 10.1 Å². The Morgan fingerprint density at radius 2 is 2.04 bits per heavy atom. The molecule has 6 nitrogen and oxygen atoms in total. The van der Waals surface area contributed by atoms with Crippen molar-refractivity contribution in [3.8, 4) is 0 Å². The molecule has 1 amide bonds. The van der Waals surface area contributed by atoms with E-state index in [1.807, 2.05) is 4.90 Å². The molecule has 136 valence electrons. The molecule has 1 aromatic rings. The van der Waals surface area contributed by atoms with Gasteiger partial charge in [-0.15, -0.1) is 24.8 Å². The van der Waals surface area contributed by atoms with Gasteiger partial charge in [0.05, 0.1) is 12.6 Å². The van der Waals surface area contributed by atoms with E-state index in [1.165, 1.54) is 0 Å². The molecule has 3 heterocycles. The SMILES string of the molecule is Cl.Cl.O=C(NC1CCCN(c2ncccn2)C1)C1CC(F)(F)CN1. The molecule has 3 rings (SSSR count). The van der Waals surface area contributed by atoms with Crippen LogP contribution in [0.5, 0.6) is 0 Å². The van der Waals surface area contributed by atoms with Gasteiger partial charge in [0, 0.05) is 37.9 Å². The van der Waals surface area contributed by atoms with Crippen LogP contribution in [0.2, 0.25) is 0 Å². The largest absolute Gasteiger partial charge is 0.350 e. The lowest BCUT2D eigenvalue weighted by atomic mass is 10.1. The van der Waals surface area contributed by atoms with Crippen molar-refractivity contribution in [1.29, 1.82) is 0 Å². The van der Waals surface area contributed by atoms with E-state index in [1.54, 1.807) is 18.5 Å². The summed E-state index contributed by atoms with van der Waals surface area (Å²) in [6, 6.07) is 0.873. The first-order valence-electron chi connectivity index (χ1n) is 7.47. The van der Waals surface area contributed by atoms with Crippen LogP contribution in [0.4, 0.5) is 14.7 Å². The fourth-order valence-electron chi connectivity index (χ4n) is 2.93. The quantitative estimate of drug-likeness (QED) is 0.825. The monoisotopic (exact) mass is 383 g/mol. The number of carbonyl (C=O) groups is 1. The Morgan fingerprint density at radius 1 is 1.33 bits per heavy atom. The third-order valence-corrected chi connectivity index (χ3v) is 4.03. The first kappa shape index (κ1) is 20.8. The molecule has 2 fully saturated rings. The second-order valence-electron chi connectivity index (χ2n) is 5.84. The molecule has 2 aliphatic rings. The zero-order valence-electron chi connectivity index (χ0n) is 13.0. The van der Waals surface area contributed by atoms with Crippen molar-refractivity contribution in [2.45, 2.75) is 37.3 Å². The molecule has 10 heteroatoms. The maximum atomic E-state index is 13.1. The number of nitrogens with one attached hydrogen (secondary N) is 2. The molecule has 1 aromatic heterocycles. The number of halogens is 4. The lowest BCUT2D eigenvalue weighted by Crippen LogP contribution is -2.52. The summed E-state index contributed by atoms with van der Waals surface area (Å²) < 4.78 is 26.3. The van der Waals surface area contributed by atoms with Crippen molar-refractivity contribution in [1.82, 2.24) is 20.6 Å². The number of aromatic nitrogens is 2. The van der Waals surface area contributed by atoms with Crippen molar-refractivity contribution in [3.05, 3.63) is 18.5 Å². The van der Waals surface area contributed by atoms with Gasteiger partial charge in [0.15, 0.2) is 0 Å². The van der Waals surface area contributed by atoms with E-state index in [9.17, 15) is 13.6 Å². The number of nitrogens with zero attached hydrogens (tertiary/aromatic N) is 3. The van der Waals surface area contributed by atoms with E-state index < -0.39 is 24.9 Å². The average molecular weight is 384 g/mol. The zero-order chi connectivity index (χ0) is 15.6. The first-order chi connectivity index (χ1) is 10.5.